The molecule has 1 aliphatic heterocycles. The molecule has 5 rings (SSSR count). The van der Waals surface area contributed by atoms with Crippen molar-refractivity contribution in [3.05, 3.63) is 91.8 Å². The summed E-state index contributed by atoms with van der Waals surface area (Å²) in [4.78, 5) is 20.4. The van der Waals surface area contributed by atoms with Gasteiger partial charge in [0.25, 0.3) is 5.56 Å². The Morgan fingerprint density at radius 3 is 2.54 bits per heavy atom. The average molecular weight is 407 g/mol. The van der Waals surface area contributed by atoms with Crippen LogP contribution >= 0.6 is 23.6 Å². The summed E-state index contributed by atoms with van der Waals surface area (Å²) in [6.07, 6.45) is 0.923. The maximum atomic E-state index is 13.3. The molecule has 0 saturated heterocycles. The molecule has 2 N–H and O–H groups in total. The van der Waals surface area contributed by atoms with Crippen LogP contribution in [-0.4, -0.2) is 16.1 Å². The van der Waals surface area contributed by atoms with Crippen molar-refractivity contribution < 1.29 is 4.90 Å². The molecular weight excluding hydrogens is 386 g/mol. The summed E-state index contributed by atoms with van der Waals surface area (Å²) >= 11 is 7.20. The van der Waals surface area contributed by atoms with E-state index in [0.29, 0.717) is 4.77 Å². The lowest BCUT2D eigenvalue weighted by Crippen LogP contribution is -3.10. The lowest BCUT2D eigenvalue weighted by molar-refractivity contribution is -0.929. The predicted molar refractivity (Wildman–Crippen MR) is 116 cm³/mol. The van der Waals surface area contributed by atoms with Crippen LogP contribution in [0.4, 0.5) is 0 Å². The number of thiophene rings is 1. The second-order valence-electron chi connectivity index (χ2n) is 7.20. The van der Waals surface area contributed by atoms with E-state index in [4.69, 9.17) is 12.2 Å². The van der Waals surface area contributed by atoms with Crippen LogP contribution < -0.4 is 10.5 Å². The number of para-hydroxylation sites is 1. The van der Waals surface area contributed by atoms with Gasteiger partial charge in [0.05, 0.1) is 22.5 Å². The Morgan fingerprint density at radius 1 is 1.07 bits per heavy atom. The van der Waals surface area contributed by atoms with E-state index in [1.807, 2.05) is 30.3 Å². The van der Waals surface area contributed by atoms with Gasteiger partial charge in [-0.15, -0.1) is 11.3 Å². The molecule has 0 amide bonds. The van der Waals surface area contributed by atoms with Crippen LogP contribution in [0, 0.1) is 4.77 Å². The molecular formula is C22H20N3OS2+. The maximum absolute atomic E-state index is 13.3. The van der Waals surface area contributed by atoms with Gasteiger partial charge >= 0.3 is 0 Å². The monoisotopic (exact) mass is 406 g/mol. The Hall–Kier alpha value is -2.54. The average Bonchev–Trinajstić information content (AvgIpc) is 3.07. The van der Waals surface area contributed by atoms with Crippen molar-refractivity contribution in [2.75, 3.05) is 6.54 Å². The van der Waals surface area contributed by atoms with Crippen molar-refractivity contribution >= 4 is 33.8 Å². The van der Waals surface area contributed by atoms with Crippen LogP contribution in [0.5, 0.6) is 0 Å². The first-order valence-corrected chi connectivity index (χ1v) is 10.7. The number of nitrogens with zero attached hydrogens (tertiary/aromatic N) is 1. The van der Waals surface area contributed by atoms with Gasteiger partial charge in [0.2, 0.25) is 0 Å². The number of fused-ring (bicyclic) bond motifs is 3. The van der Waals surface area contributed by atoms with E-state index >= 15 is 0 Å². The number of hydrogen-bond donors (Lipinski definition) is 2. The fraction of sp³-hybridized carbons (Fsp3) is 0.182. The third-order valence-corrected chi connectivity index (χ3v) is 6.81. The molecule has 0 aliphatic carbocycles. The number of H-pyrrole nitrogens is 1. The first-order chi connectivity index (χ1) is 13.7. The second kappa shape index (κ2) is 7.13. The molecule has 140 valence electrons. The van der Waals surface area contributed by atoms with Crippen molar-refractivity contribution in [2.24, 2.45) is 0 Å². The lowest BCUT2D eigenvalue weighted by Gasteiger charge is -2.23. The SMILES string of the molecule is O=c1c2c3c(sc2[nH]c(=S)n1-c1ccccc1)C[NH+](Cc1ccccc1)CC3. The molecule has 1 unspecified atom stereocenters. The number of rotatable bonds is 3. The van der Waals surface area contributed by atoms with Gasteiger partial charge in [0, 0.05) is 12.0 Å². The summed E-state index contributed by atoms with van der Waals surface area (Å²) in [6.45, 7) is 3.00. The Bertz CT molecular complexity index is 1260. The minimum absolute atomic E-state index is 0.00559. The Balaban J connectivity index is 1.56. The number of aromatic nitrogens is 2. The van der Waals surface area contributed by atoms with E-state index in [9.17, 15) is 4.79 Å². The largest absolute Gasteiger partial charge is 0.326 e. The van der Waals surface area contributed by atoms with Crippen LogP contribution in [0.15, 0.2) is 65.5 Å². The predicted octanol–water partition coefficient (Wildman–Crippen LogP) is 3.25. The minimum atomic E-state index is -0.00559. The first-order valence-electron chi connectivity index (χ1n) is 9.43. The normalized spacial score (nSPS) is 16.2. The van der Waals surface area contributed by atoms with Crippen LogP contribution in [-0.2, 0) is 19.5 Å². The van der Waals surface area contributed by atoms with Crippen LogP contribution in [0.25, 0.3) is 15.9 Å². The highest BCUT2D eigenvalue weighted by atomic mass is 32.1. The van der Waals surface area contributed by atoms with Gasteiger partial charge in [-0.2, -0.15) is 0 Å². The molecule has 2 aromatic carbocycles. The Kier molecular flexibility index (Phi) is 4.47. The van der Waals surface area contributed by atoms with Crippen molar-refractivity contribution in [3.63, 3.8) is 0 Å². The molecule has 0 radical (unpaired) electrons. The van der Waals surface area contributed by atoms with E-state index in [0.717, 1.165) is 42.0 Å². The van der Waals surface area contributed by atoms with E-state index in [2.05, 4.69) is 35.3 Å². The topological polar surface area (TPSA) is 42.2 Å². The number of hydrogen-bond acceptors (Lipinski definition) is 3. The van der Waals surface area contributed by atoms with Crippen LogP contribution in [0.2, 0.25) is 0 Å². The first kappa shape index (κ1) is 17.6. The smallest absolute Gasteiger partial charge is 0.267 e. The number of nitrogens with one attached hydrogen (secondary N) is 2. The molecule has 0 saturated carbocycles. The van der Waals surface area contributed by atoms with Gasteiger partial charge in [-0.25, -0.2) is 0 Å². The van der Waals surface area contributed by atoms with Gasteiger partial charge in [0.1, 0.15) is 17.9 Å². The molecule has 6 heteroatoms. The summed E-state index contributed by atoms with van der Waals surface area (Å²) in [5.74, 6) is 0. The maximum Gasteiger partial charge on any atom is 0.267 e. The van der Waals surface area contributed by atoms with Gasteiger partial charge in [-0.1, -0.05) is 48.5 Å². The Labute approximate surface area is 171 Å². The summed E-state index contributed by atoms with van der Waals surface area (Å²) in [5, 5.41) is 0.816. The third kappa shape index (κ3) is 3.03. The highest BCUT2D eigenvalue weighted by Crippen LogP contribution is 2.29. The number of aromatic amines is 1. The fourth-order valence-electron chi connectivity index (χ4n) is 4.05. The zero-order valence-electron chi connectivity index (χ0n) is 15.3. The van der Waals surface area contributed by atoms with E-state index in [1.54, 1.807) is 15.9 Å². The fourth-order valence-corrected chi connectivity index (χ4v) is 5.72. The molecule has 0 spiro atoms. The highest BCUT2D eigenvalue weighted by molar-refractivity contribution is 7.71. The van der Waals surface area contributed by atoms with Crippen molar-refractivity contribution in [1.29, 1.82) is 0 Å². The van der Waals surface area contributed by atoms with Gasteiger partial charge in [-0.3, -0.25) is 9.36 Å². The number of benzene rings is 2. The molecule has 3 heterocycles. The summed E-state index contributed by atoms with van der Waals surface area (Å²) in [5.41, 5.74) is 3.36. The minimum Gasteiger partial charge on any atom is -0.326 e. The van der Waals surface area contributed by atoms with Gasteiger partial charge < -0.3 is 9.88 Å². The number of quaternary nitrogens is 1. The standard InChI is InChI=1S/C22H19N3OS2/c26-21-19-17-11-12-24(13-15-7-3-1-4-8-15)14-18(17)28-20(19)23-22(27)25(21)16-9-5-2-6-10-16/h1-10H,11-14H2,(H,23,27)/p+1. The Morgan fingerprint density at radius 2 is 1.79 bits per heavy atom. The van der Waals surface area contributed by atoms with Gasteiger partial charge in [-0.05, 0) is 29.9 Å². The summed E-state index contributed by atoms with van der Waals surface area (Å²) in [6, 6.07) is 20.2. The van der Waals surface area contributed by atoms with Crippen molar-refractivity contribution in [3.8, 4) is 5.69 Å². The van der Waals surface area contributed by atoms with E-state index < -0.39 is 0 Å². The van der Waals surface area contributed by atoms with E-state index in [1.165, 1.54) is 20.9 Å². The molecule has 4 nitrogen and oxygen atoms in total. The summed E-state index contributed by atoms with van der Waals surface area (Å²) < 4.78 is 2.07. The molecule has 28 heavy (non-hydrogen) atoms. The highest BCUT2D eigenvalue weighted by Gasteiger charge is 2.26. The van der Waals surface area contributed by atoms with Crippen molar-refractivity contribution in [1.82, 2.24) is 9.55 Å². The zero-order valence-corrected chi connectivity index (χ0v) is 16.9. The molecule has 1 atom stereocenters. The quantitative estimate of drug-likeness (QED) is 0.513. The molecule has 2 aromatic heterocycles. The molecule has 4 aromatic rings. The molecule has 1 aliphatic rings. The molecule has 0 fully saturated rings. The zero-order chi connectivity index (χ0) is 19.1. The third-order valence-electron chi connectivity index (χ3n) is 5.38. The van der Waals surface area contributed by atoms with E-state index in [-0.39, 0.29) is 5.56 Å². The second-order valence-corrected chi connectivity index (χ2v) is 8.70. The van der Waals surface area contributed by atoms with Crippen LogP contribution in [0.3, 0.4) is 0 Å². The summed E-state index contributed by atoms with van der Waals surface area (Å²) in [7, 11) is 0. The molecule has 0 bridgehead atoms. The van der Waals surface area contributed by atoms with Crippen LogP contribution in [0.1, 0.15) is 16.0 Å². The van der Waals surface area contributed by atoms with Gasteiger partial charge in [0.15, 0.2) is 4.77 Å². The lowest BCUT2D eigenvalue weighted by atomic mass is 10.0. The van der Waals surface area contributed by atoms with Crippen molar-refractivity contribution in [2.45, 2.75) is 19.5 Å².